The molecule has 1 rings (SSSR count). The predicted molar refractivity (Wildman–Crippen MR) is 63.5 cm³/mol. The van der Waals surface area contributed by atoms with Gasteiger partial charge < -0.3 is 19.8 Å². The zero-order chi connectivity index (χ0) is 14.4. The number of phenolic OH excluding ortho intramolecular Hbond substituents is 1. The van der Waals surface area contributed by atoms with Crippen LogP contribution >= 0.6 is 0 Å². The number of methoxy groups -OCH3 is 1. The van der Waals surface area contributed by atoms with Crippen molar-refractivity contribution in [2.45, 2.75) is 0 Å². The molecule has 19 heavy (non-hydrogen) atoms. The molecule has 1 aromatic rings. The first kappa shape index (κ1) is 14.9. The predicted octanol–water partition coefficient (Wildman–Crippen LogP) is 0.704. The van der Waals surface area contributed by atoms with Crippen molar-refractivity contribution in [1.29, 1.82) is 0 Å². The Kier molecular flexibility index (Phi) is 5.25. The highest BCUT2D eigenvalue weighted by Crippen LogP contribution is 2.16. The van der Waals surface area contributed by atoms with E-state index in [-0.39, 0.29) is 24.5 Å². The first-order valence-corrected chi connectivity index (χ1v) is 5.44. The van der Waals surface area contributed by atoms with E-state index in [4.69, 9.17) is 14.9 Å². The number of aromatic hydroxyl groups is 1. The summed E-state index contributed by atoms with van der Waals surface area (Å²) in [7, 11) is 1.41. The van der Waals surface area contributed by atoms with Gasteiger partial charge in [-0.25, -0.2) is 4.39 Å². The lowest BCUT2D eigenvalue weighted by Gasteiger charge is -2.20. The van der Waals surface area contributed by atoms with Gasteiger partial charge in [-0.1, -0.05) is 0 Å². The van der Waals surface area contributed by atoms with E-state index in [9.17, 15) is 14.0 Å². The van der Waals surface area contributed by atoms with E-state index in [1.54, 1.807) is 0 Å². The molecule has 0 aromatic heterocycles. The minimum absolute atomic E-state index is 0.0297. The lowest BCUT2D eigenvalue weighted by molar-refractivity contribution is -0.137. The monoisotopic (exact) mass is 271 g/mol. The van der Waals surface area contributed by atoms with Crippen LogP contribution in [-0.4, -0.2) is 53.8 Å². The summed E-state index contributed by atoms with van der Waals surface area (Å²) < 4.78 is 18.3. The van der Waals surface area contributed by atoms with Gasteiger partial charge in [-0.2, -0.15) is 0 Å². The summed E-state index contributed by atoms with van der Waals surface area (Å²) in [6, 6.07) is 3.06. The standard InChI is InChI=1S/C12H14FNO5/c1-19-5-4-14(7-11(16)17)12(18)9-3-2-8(15)6-10(9)13/h2-3,6,15H,4-5,7H2,1H3,(H,16,17). The van der Waals surface area contributed by atoms with Crippen LogP contribution in [0.3, 0.4) is 0 Å². The molecule has 0 saturated heterocycles. The number of amides is 1. The van der Waals surface area contributed by atoms with Crippen molar-refractivity contribution in [3.8, 4) is 5.75 Å². The Hall–Kier alpha value is -2.15. The van der Waals surface area contributed by atoms with E-state index < -0.39 is 24.2 Å². The van der Waals surface area contributed by atoms with Gasteiger partial charge in [0.2, 0.25) is 0 Å². The summed E-state index contributed by atoms with van der Waals surface area (Å²) in [5.74, 6) is -3.19. The average Bonchev–Trinajstić information content (AvgIpc) is 2.33. The molecule has 0 aliphatic carbocycles. The van der Waals surface area contributed by atoms with Gasteiger partial charge in [-0.05, 0) is 12.1 Å². The molecular weight excluding hydrogens is 257 g/mol. The second kappa shape index (κ2) is 6.69. The number of nitrogens with zero attached hydrogens (tertiary/aromatic N) is 1. The number of carbonyl (C=O) groups excluding carboxylic acids is 1. The minimum atomic E-state index is -1.20. The molecule has 0 aliphatic heterocycles. The minimum Gasteiger partial charge on any atom is -0.508 e. The molecule has 0 bridgehead atoms. The van der Waals surface area contributed by atoms with Crippen LogP contribution in [0.15, 0.2) is 18.2 Å². The van der Waals surface area contributed by atoms with Gasteiger partial charge in [0.15, 0.2) is 0 Å². The maximum Gasteiger partial charge on any atom is 0.323 e. The summed E-state index contributed by atoms with van der Waals surface area (Å²) in [5.41, 5.74) is -0.296. The van der Waals surface area contributed by atoms with Crippen LogP contribution in [0.5, 0.6) is 5.75 Å². The van der Waals surface area contributed by atoms with Crippen LogP contribution in [0, 0.1) is 5.82 Å². The highest BCUT2D eigenvalue weighted by molar-refractivity contribution is 5.96. The lowest BCUT2D eigenvalue weighted by atomic mass is 10.1. The van der Waals surface area contributed by atoms with Crippen molar-refractivity contribution in [3.05, 3.63) is 29.6 Å². The summed E-state index contributed by atoms with van der Waals surface area (Å²) in [6.07, 6.45) is 0. The maximum absolute atomic E-state index is 13.5. The number of carboxylic acid groups (broad SMARTS) is 1. The zero-order valence-corrected chi connectivity index (χ0v) is 10.3. The molecule has 0 fully saturated rings. The van der Waals surface area contributed by atoms with Crippen LogP contribution in [0.25, 0.3) is 0 Å². The van der Waals surface area contributed by atoms with Gasteiger partial charge in [-0.15, -0.1) is 0 Å². The third kappa shape index (κ3) is 4.22. The SMILES string of the molecule is COCCN(CC(=O)O)C(=O)c1ccc(O)cc1F. The van der Waals surface area contributed by atoms with Crippen molar-refractivity contribution in [2.24, 2.45) is 0 Å². The molecule has 0 heterocycles. The van der Waals surface area contributed by atoms with E-state index in [1.165, 1.54) is 7.11 Å². The topological polar surface area (TPSA) is 87.1 Å². The fraction of sp³-hybridized carbons (Fsp3) is 0.333. The van der Waals surface area contributed by atoms with Gasteiger partial charge >= 0.3 is 5.97 Å². The number of benzene rings is 1. The highest BCUT2D eigenvalue weighted by Gasteiger charge is 2.21. The van der Waals surface area contributed by atoms with E-state index in [1.807, 2.05) is 0 Å². The third-order valence-electron chi connectivity index (χ3n) is 2.36. The molecule has 1 amide bonds. The van der Waals surface area contributed by atoms with Crippen LogP contribution in [-0.2, 0) is 9.53 Å². The number of hydrogen-bond acceptors (Lipinski definition) is 4. The quantitative estimate of drug-likeness (QED) is 0.795. The second-order valence-corrected chi connectivity index (χ2v) is 3.78. The smallest absolute Gasteiger partial charge is 0.323 e. The van der Waals surface area contributed by atoms with Crippen molar-refractivity contribution in [3.63, 3.8) is 0 Å². The zero-order valence-electron chi connectivity index (χ0n) is 10.3. The molecule has 2 N–H and O–H groups in total. The normalized spacial score (nSPS) is 10.2. The maximum atomic E-state index is 13.5. The Labute approximate surface area is 109 Å². The first-order chi connectivity index (χ1) is 8.95. The Balaban J connectivity index is 2.93. The third-order valence-corrected chi connectivity index (χ3v) is 2.36. The Bertz CT molecular complexity index is 477. The van der Waals surface area contributed by atoms with Crippen molar-refractivity contribution < 1.29 is 28.9 Å². The van der Waals surface area contributed by atoms with Crippen LogP contribution in [0.1, 0.15) is 10.4 Å². The van der Waals surface area contributed by atoms with E-state index in [2.05, 4.69) is 0 Å². The molecule has 7 heteroatoms. The molecule has 0 saturated carbocycles. The number of phenols is 1. The molecule has 0 aliphatic rings. The van der Waals surface area contributed by atoms with Crippen molar-refractivity contribution in [1.82, 2.24) is 4.90 Å². The van der Waals surface area contributed by atoms with Crippen molar-refractivity contribution in [2.75, 3.05) is 26.8 Å². The fourth-order valence-corrected chi connectivity index (χ4v) is 1.46. The molecule has 1 aromatic carbocycles. The Morgan fingerprint density at radius 1 is 1.42 bits per heavy atom. The van der Waals surface area contributed by atoms with Gasteiger partial charge in [-0.3, -0.25) is 9.59 Å². The number of aliphatic carboxylic acids is 1. The van der Waals surface area contributed by atoms with E-state index in [0.717, 1.165) is 23.1 Å². The largest absolute Gasteiger partial charge is 0.508 e. The van der Waals surface area contributed by atoms with Crippen molar-refractivity contribution >= 4 is 11.9 Å². The number of carbonyl (C=O) groups is 2. The summed E-state index contributed by atoms with van der Waals surface area (Å²) in [6.45, 7) is -0.386. The number of rotatable bonds is 6. The summed E-state index contributed by atoms with van der Waals surface area (Å²) >= 11 is 0. The Morgan fingerprint density at radius 3 is 2.63 bits per heavy atom. The molecule has 0 atom stereocenters. The molecular formula is C12H14FNO5. The van der Waals surface area contributed by atoms with Gasteiger partial charge in [0.05, 0.1) is 12.2 Å². The molecule has 6 nitrogen and oxygen atoms in total. The van der Waals surface area contributed by atoms with Crippen LogP contribution < -0.4 is 0 Å². The first-order valence-electron chi connectivity index (χ1n) is 5.44. The van der Waals surface area contributed by atoms with Gasteiger partial charge in [0, 0.05) is 19.7 Å². The molecule has 0 unspecified atom stereocenters. The molecule has 0 radical (unpaired) electrons. The summed E-state index contributed by atoms with van der Waals surface area (Å²) in [5, 5.41) is 17.8. The lowest BCUT2D eigenvalue weighted by Crippen LogP contribution is -2.38. The summed E-state index contributed by atoms with van der Waals surface area (Å²) in [4.78, 5) is 23.6. The molecule has 0 spiro atoms. The molecule has 104 valence electrons. The number of ether oxygens (including phenoxy) is 1. The number of halogens is 1. The highest BCUT2D eigenvalue weighted by atomic mass is 19.1. The van der Waals surface area contributed by atoms with Crippen LogP contribution in [0.4, 0.5) is 4.39 Å². The van der Waals surface area contributed by atoms with Gasteiger partial charge in [0.25, 0.3) is 5.91 Å². The average molecular weight is 271 g/mol. The van der Waals surface area contributed by atoms with Crippen LogP contribution in [0.2, 0.25) is 0 Å². The fourth-order valence-electron chi connectivity index (χ4n) is 1.46. The van der Waals surface area contributed by atoms with E-state index in [0.29, 0.717) is 0 Å². The number of carboxylic acids is 1. The van der Waals surface area contributed by atoms with E-state index >= 15 is 0 Å². The number of hydrogen-bond donors (Lipinski definition) is 2. The van der Waals surface area contributed by atoms with Gasteiger partial charge in [0.1, 0.15) is 18.1 Å². The Morgan fingerprint density at radius 2 is 2.11 bits per heavy atom. The second-order valence-electron chi connectivity index (χ2n) is 3.78.